The molecule has 32 heavy (non-hydrogen) atoms. The van der Waals surface area contributed by atoms with Crippen LogP contribution < -0.4 is 4.90 Å². The molecule has 170 valence electrons. The molecule has 0 spiro atoms. The minimum absolute atomic E-state index is 0.0125. The number of nitrogens with zero attached hydrogens (tertiary/aromatic N) is 5. The van der Waals surface area contributed by atoms with Gasteiger partial charge in [0.05, 0.1) is 26.4 Å². The van der Waals surface area contributed by atoms with Crippen molar-refractivity contribution in [1.29, 1.82) is 0 Å². The Hall–Kier alpha value is -2.48. The van der Waals surface area contributed by atoms with E-state index in [0.29, 0.717) is 6.61 Å². The molecule has 3 heterocycles. The minimum atomic E-state index is 0.0125. The first-order chi connectivity index (χ1) is 15.5. The molecule has 1 aromatic heterocycles. The molecule has 2 fully saturated rings. The highest BCUT2D eigenvalue weighted by atomic mass is 16.5. The van der Waals surface area contributed by atoms with Crippen molar-refractivity contribution in [2.75, 3.05) is 50.9 Å². The Balaban J connectivity index is 1.35. The zero-order chi connectivity index (χ0) is 22.1. The van der Waals surface area contributed by atoms with Gasteiger partial charge in [0.2, 0.25) is 5.95 Å². The Morgan fingerprint density at radius 3 is 2.72 bits per heavy atom. The lowest BCUT2D eigenvalue weighted by Gasteiger charge is -2.42. The summed E-state index contributed by atoms with van der Waals surface area (Å²) in [6, 6.07) is 15.0. The highest BCUT2D eigenvalue weighted by molar-refractivity contribution is 5.86. The van der Waals surface area contributed by atoms with Crippen LogP contribution in [0.15, 0.2) is 42.5 Å². The molecule has 2 aromatic carbocycles. The molecule has 0 radical (unpaired) electrons. The summed E-state index contributed by atoms with van der Waals surface area (Å²) in [6.45, 7) is 13.2. The third-order valence-electron chi connectivity index (χ3n) is 6.85. The van der Waals surface area contributed by atoms with Crippen molar-refractivity contribution in [3.05, 3.63) is 53.9 Å². The SMILES string of the molecule is Cc1nnc(N2CCOC(c3cccc4ccccc34)C2)n1CCN1CCOCC1(C)C. The predicted molar refractivity (Wildman–Crippen MR) is 126 cm³/mol. The molecule has 0 saturated carbocycles. The van der Waals surface area contributed by atoms with Crippen LogP contribution in [0.3, 0.4) is 0 Å². The van der Waals surface area contributed by atoms with Crippen LogP contribution in [0.25, 0.3) is 10.8 Å². The van der Waals surface area contributed by atoms with Gasteiger partial charge in [0.25, 0.3) is 0 Å². The summed E-state index contributed by atoms with van der Waals surface area (Å²) in [5.74, 6) is 1.90. The number of ether oxygens (including phenoxy) is 2. The number of aromatic nitrogens is 3. The van der Waals surface area contributed by atoms with E-state index in [4.69, 9.17) is 9.47 Å². The lowest BCUT2D eigenvalue weighted by atomic mass is 9.99. The van der Waals surface area contributed by atoms with E-state index in [0.717, 1.165) is 57.7 Å². The van der Waals surface area contributed by atoms with Gasteiger partial charge in [-0.1, -0.05) is 42.5 Å². The molecule has 2 saturated heterocycles. The van der Waals surface area contributed by atoms with Gasteiger partial charge in [-0.2, -0.15) is 0 Å². The molecule has 2 aliphatic heterocycles. The third-order valence-corrected chi connectivity index (χ3v) is 6.85. The van der Waals surface area contributed by atoms with E-state index >= 15 is 0 Å². The minimum Gasteiger partial charge on any atom is -0.378 e. The quantitative estimate of drug-likeness (QED) is 0.612. The fourth-order valence-electron chi connectivity index (χ4n) is 4.94. The van der Waals surface area contributed by atoms with Crippen LogP contribution in [-0.2, 0) is 16.0 Å². The van der Waals surface area contributed by atoms with Gasteiger partial charge in [0.15, 0.2) is 0 Å². The van der Waals surface area contributed by atoms with E-state index in [1.165, 1.54) is 16.3 Å². The number of morpholine rings is 2. The molecule has 0 aliphatic carbocycles. The Bertz CT molecular complexity index is 1070. The second-order valence-electron chi connectivity index (χ2n) is 9.42. The normalized spacial score (nSPS) is 21.8. The number of fused-ring (bicyclic) bond motifs is 1. The van der Waals surface area contributed by atoms with Gasteiger partial charge in [0.1, 0.15) is 11.9 Å². The lowest BCUT2D eigenvalue weighted by Crippen LogP contribution is -2.53. The van der Waals surface area contributed by atoms with Crippen molar-refractivity contribution >= 4 is 16.7 Å². The maximum Gasteiger partial charge on any atom is 0.227 e. The van der Waals surface area contributed by atoms with Crippen LogP contribution >= 0.6 is 0 Å². The molecular formula is C25H33N5O2. The van der Waals surface area contributed by atoms with E-state index in [1.54, 1.807) is 0 Å². The van der Waals surface area contributed by atoms with Crippen molar-refractivity contribution in [2.24, 2.45) is 0 Å². The smallest absolute Gasteiger partial charge is 0.227 e. The van der Waals surface area contributed by atoms with Crippen molar-refractivity contribution in [1.82, 2.24) is 19.7 Å². The molecule has 0 N–H and O–H groups in total. The highest BCUT2D eigenvalue weighted by Crippen LogP contribution is 2.31. The van der Waals surface area contributed by atoms with E-state index < -0.39 is 0 Å². The fraction of sp³-hybridized carbons (Fsp3) is 0.520. The van der Waals surface area contributed by atoms with E-state index in [9.17, 15) is 0 Å². The molecule has 0 bridgehead atoms. The van der Waals surface area contributed by atoms with Crippen molar-refractivity contribution in [3.8, 4) is 0 Å². The maximum atomic E-state index is 6.23. The van der Waals surface area contributed by atoms with Gasteiger partial charge >= 0.3 is 0 Å². The molecule has 5 rings (SSSR count). The number of rotatable bonds is 5. The fourth-order valence-corrected chi connectivity index (χ4v) is 4.94. The van der Waals surface area contributed by atoms with Crippen LogP contribution in [0, 0.1) is 6.92 Å². The summed E-state index contributed by atoms with van der Waals surface area (Å²) in [5, 5.41) is 11.5. The Labute approximate surface area is 189 Å². The van der Waals surface area contributed by atoms with Gasteiger partial charge in [-0.15, -0.1) is 10.2 Å². The van der Waals surface area contributed by atoms with Crippen molar-refractivity contribution < 1.29 is 9.47 Å². The predicted octanol–water partition coefficient (Wildman–Crippen LogP) is 3.43. The summed E-state index contributed by atoms with van der Waals surface area (Å²) in [7, 11) is 0. The molecule has 0 amide bonds. The Kier molecular flexibility index (Phi) is 5.88. The third kappa shape index (κ3) is 4.12. The number of hydrogen-bond acceptors (Lipinski definition) is 6. The van der Waals surface area contributed by atoms with E-state index in [2.05, 4.69) is 80.9 Å². The molecule has 7 heteroatoms. The molecular weight excluding hydrogens is 402 g/mol. The number of aryl methyl sites for hydroxylation is 1. The van der Waals surface area contributed by atoms with Crippen LogP contribution in [0.5, 0.6) is 0 Å². The first-order valence-corrected chi connectivity index (χ1v) is 11.6. The van der Waals surface area contributed by atoms with Gasteiger partial charge in [-0.25, -0.2) is 0 Å². The van der Waals surface area contributed by atoms with Crippen LogP contribution in [-0.4, -0.2) is 71.2 Å². The van der Waals surface area contributed by atoms with E-state index in [-0.39, 0.29) is 11.6 Å². The maximum absolute atomic E-state index is 6.23. The zero-order valence-corrected chi connectivity index (χ0v) is 19.3. The van der Waals surface area contributed by atoms with Crippen molar-refractivity contribution in [3.63, 3.8) is 0 Å². The van der Waals surface area contributed by atoms with Crippen LogP contribution in [0.4, 0.5) is 5.95 Å². The first kappa shape index (κ1) is 21.4. The largest absolute Gasteiger partial charge is 0.378 e. The summed E-state index contributed by atoms with van der Waals surface area (Å²) >= 11 is 0. The summed E-state index contributed by atoms with van der Waals surface area (Å²) in [4.78, 5) is 4.85. The van der Waals surface area contributed by atoms with Gasteiger partial charge < -0.3 is 14.4 Å². The van der Waals surface area contributed by atoms with Crippen LogP contribution in [0.2, 0.25) is 0 Å². The lowest BCUT2D eigenvalue weighted by molar-refractivity contribution is -0.0520. The van der Waals surface area contributed by atoms with Gasteiger partial charge in [-0.3, -0.25) is 9.47 Å². The van der Waals surface area contributed by atoms with Crippen LogP contribution in [0.1, 0.15) is 31.3 Å². The summed E-state index contributed by atoms with van der Waals surface area (Å²) in [5.41, 5.74) is 1.30. The zero-order valence-electron chi connectivity index (χ0n) is 19.3. The molecule has 2 aliphatic rings. The first-order valence-electron chi connectivity index (χ1n) is 11.6. The standard InChI is InChI=1S/C25H33N5O2/c1-19-26-27-24(30(19)12-11-29-14-15-31-18-25(29,2)3)28-13-16-32-23(17-28)22-10-6-8-20-7-4-5-9-21(20)22/h4-10,23H,11-18H2,1-3H3. The number of hydrogen-bond donors (Lipinski definition) is 0. The second kappa shape index (κ2) is 8.81. The monoisotopic (exact) mass is 435 g/mol. The topological polar surface area (TPSA) is 55.7 Å². The highest BCUT2D eigenvalue weighted by Gasteiger charge is 2.31. The molecule has 7 nitrogen and oxygen atoms in total. The summed E-state index contributed by atoms with van der Waals surface area (Å²) in [6.07, 6.45) is 0.0125. The molecule has 3 aromatic rings. The second-order valence-corrected chi connectivity index (χ2v) is 9.42. The van der Waals surface area contributed by atoms with Gasteiger partial charge in [-0.05, 0) is 37.1 Å². The Morgan fingerprint density at radius 2 is 1.84 bits per heavy atom. The number of anilines is 1. The average Bonchev–Trinajstić information content (AvgIpc) is 3.18. The Morgan fingerprint density at radius 1 is 1.00 bits per heavy atom. The molecule has 1 atom stereocenters. The molecule has 1 unspecified atom stereocenters. The van der Waals surface area contributed by atoms with Crippen molar-refractivity contribution in [2.45, 2.75) is 39.0 Å². The number of benzene rings is 2. The summed E-state index contributed by atoms with van der Waals surface area (Å²) < 4.78 is 14.2. The van der Waals surface area contributed by atoms with Gasteiger partial charge in [0, 0.05) is 31.7 Å². The average molecular weight is 436 g/mol. The van der Waals surface area contributed by atoms with E-state index in [1.807, 2.05) is 6.92 Å².